The molecule has 2 nitrogen and oxygen atoms in total. The second-order valence-electron chi connectivity index (χ2n) is 5.57. The zero-order valence-electron chi connectivity index (χ0n) is 11.3. The smallest absolute Gasteiger partial charge is 0.0418 e. The lowest BCUT2D eigenvalue weighted by molar-refractivity contribution is 0.374. The molecule has 94 valence electrons. The molecular weight excluding hydrogens is 208 g/mol. The van der Waals surface area contributed by atoms with Crippen LogP contribution in [0.15, 0.2) is 18.2 Å². The first-order chi connectivity index (χ1) is 8.12. The van der Waals surface area contributed by atoms with Gasteiger partial charge >= 0.3 is 0 Å². The fraction of sp³-hybridized carbons (Fsp3) is 0.600. The van der Waals surface area contributed by atoms with Crippen molar-refractivity contribution in [2.24, 2.45) is 0 Å². The SMILES string of the molecule is CCC(C)(C)NCc1cccc2c1NCCC2. The predicted octanol–water partition coefficient (Wildman–Crippen LogP) is 3.32. The van der Waals surface area contributed by atoms with Crippen LogP contribution >= 0.6 is 0 Å². The lowest BCUT2D eigenvalue weighted by Crippen LogP contribution is -2.38. The van der Waals surface area contributed by atoms with E-state index in [2.05, 4.69) is 49.6 Å². The van der Waals surface area contributed by atoms with Gasteiger partial charge in [-0.3, -0.25) is 0 Å². The van der Waals surface area contributed by atoms with Crippen LogP contribution in [-0.2, 0) is 13.0 Å². The van der Waals surface area contributed by atoms with E-state index in [4.69, 9.17) is 0 Å². The zero-order valence-corrected chi connectivity index (χ0v) is 11.3. The van der Waals surface area contributed by atoms with Gasteiger partial charge in [0.2, 0.25) is 0 Å². The van der Waals surface area contributed by atoms with Crippen molar-refractivity contribution in [3.05, 3.63) is 29.3 Å². The van der Waals surface area contributed by atoms with Crippen LogP contribution in [0.25, 0.3) is 0 Å². The zero-order chi connectivity index (χ0) is 12.3. The van der Waals surface area contributed by atoms with Crippen molar-refractivity contribution < 1.29 is 0 Å². The molecule has 1 heterocycles. The van der Waals surface area contributed by atoms with Crippen molar-refractivity contribution in [1.29, 1.82) is 0 Å². The molecule has 0 saturated heterocycles. The van der Waals surface area contributed by atoms with Crippen molar-refractivity contribution in [2.75, 3.05) is 11.9 Å². The predicted molar refractivity (Wildman–Crippen MR) is 74.5 cm³/mol. The first-order valence-corrected chi connectivity index (χ1v) is 6.72. The summed E-state index contributed by atoms with van der Waals surface area (Å²) >= 11 is 0. The number of nitrogens with one attached hydrogen (secondary N) is 2. The van der Waals surface area contributed by atoms with Gasteiger partial charge in [-0.05, 0) is 44.2 Å². The summed E-state index contributed by atoms with van der Waals surface area (Å²) in [6, 6.07) is 6.66. The molecule has 0 amide bonds. The van der Waals surface area contributed by atoms with E-state index in [-0.39, 0.29) is 5.54 Å². The van der Waals surface area contributed by atoms with Crippen LogP contribution in [0.5, 0.6) is 0 Å². The molecule has 0 aliphatic carbocycles. The van der Waals surface area contributed by atoms with Gasteiger partial charge in [0.25, 0.3) is 0 Å². The van der Waals surface area contributed by atoms with Crippen molar-refractivity contribution >= 4 is 5.69 Å². The molecule has 2 heteroatoms. The normalized spacial score (nSPS) is 15.2. The third-order valence-corrected chi connectivity index (χ3v) is 3.80. The van der Waals surface area contributed by atoms with E-state index < -0.39 is 0 Å². The Bertz CT molecular complexity index is 383. The highest BCUT2D eigenvalue weighted by Crippen LogP contribution is 2.26. The van der Waals surface area contributed by atoms with Gasteiger partial charge in [0.15, 0.2) is 0 Å². The molecule has 1 aromatic carbocycles. The number of hydrogen-bond donors (Lipinski definition) is 2. The molecule has 0 fully saturated rings. The van der Waals surface area contributed by atoms with Gasteiger partial charge < -0.3 is 10.6 Å². The second-order valence-corrected chi connectivity index (χ2v) is 5.57. The minimum atomic E-state index is 0.220. The lowest BCUT2D eigenvalue weighted by atomic mass is 9.97. The highest BCUT2D eigenvalue weighted by Gasteiger charge is 2.16. The van der Waals surface area contributed by atoms with E-state index in [1.54, 1.807) is 0 Å². The molecule has 0 unspecified atom stereocenters. The highest BCUT2D eigenvalue weighted by molar-refractivity contribution is 5.59. The summed E-state index contributed by atoms with van der Waals surface area (Å²) in [5.74, 6) is 0. The number of para-hydroxylation sites is 1. The molecule has 0 radical (unpaired) electrons. The van der Waals surface area contributed by atoms with E-state index in [0.29, 0.717) is 0 Å². The Balaban J connectivity index is 2.11. The molecular formula is C15H24N2. The van der Waals surface area contributed by atoms with Crippen molar-refractivity contribution in [3.8, 4) is 0 Å². The first kappa shape index (κ1) is 12.4. The molecule has 0 aromatic heterocycles. The molecule has 0 saturated carbocycles. The fourth-order valence-corrected chi connectivity index (χ4v) is 2.19. The van der Waals surface area contributed by atoms with Gasteiger partial charge in [0, 0.05) is 24.3 Å². The molecule has 0 bridgehead atoms. The maximum atomic E-state index is 3.64. The third-order valence-electron chi connectivity index (χ3n) is 3.80. The largest absolute Gasteiger partial charge is 0.385 e. The Labute approximate surface area is 105 Å². The van der Waals surface area contributed by atoms with Crippen LogP contribution < -0.4 is 10.6 Å². The van der Waals surface area contributed by atoms with Gasteiger partial charge in [0.05, 0.1) is 0 Å². The summed E-state index contributed by atoms with van der Waals surface area (Å²) in [5, 5.41) is 7.18. The highest BCUT2D eigenvalue weighted by atomic mass is 15.0. The average molecular weight is 232 g/mol. The number of anilines is 1. The number of fused-ring (bicyclic) bond motifs is 1. The Kier molecular flexibility index (Phi) is 3.72. The quantitative estimate of drug-likeness (QED) is 0.832. The Morgan fingerprint density at radius 2 is 2.18 bits per heavy atom. The number of aryl methyl sites for hydroxylation is 1. The molecule has 1 aromatic rings. The van der Waals surface area contributed by atoms with Crippen molar-refractivity contribution in [2.45, 2.75) is 52.1 Å². The molecule has 1 aliphatic heterocycles. The fourth-order valence-electron chi connectivity index (χ4n) is 2.19. The molecule has 0 spiro atoms. The van der Waals surface area contributed by atoms with E-state index in [1.165, 1.54) is 29.7 Å². The summed E-state index contributed by atoms with van der Waals surface area (Å²) in [4.78, 5) is 0. The minimum Gasteiger partial charge on any atom is -0.385 e. The summed E-state index contributed by atoms with van der Waals surface area (Å²) < 4.78 is 0. The van der Waals surface area contributed by atoms with Gasteiger partial charge in [-0.25, -0.2) is 0 Å². The van der Waals surface area contributed by atoms with Crippen LogP contribution in [-0.4, -0.2) is 12.1 Å². The van der Waals surface area contributed by atoms with E-state index >= 15 is 0 Å². The Morgan fingerprint density at radius 3 is 2.94 bits per heavy atom. The maximum absolute atomic E-state index is 3.64. The lowest BCUT2D eigenvalue weighted by Gasteiger charge is -2.27. The van der Waals surface area contributed by atoms with Crippen LogP contribution in [0.2, 0.25) is 0 Å². The minimum absolute atomic E-state index is 0.220. The molecule has 2 N–H and O–H groups in total. The molecule has 17 heavy (non-hydrogen) atoms. The van der Waals surface area contributed by atoms with Crippen molar-refractivity contribution in [3.63, 3.8) is 0 Å². The van der Waals surface area contributed by atoms with Gasteiger partial charge in [-0.2, -0.15) is 0 Å². The average Bonchev–Trinajstić information content (AvgIpc) is 2.36. The topological polar surface area (TPSA) is 24.1 Å². The molecule has 1 aliphatic rings. The van der Waals surface area contributed by atoms with Crippen LogP contribution in [0, 0.1) is 0 Å². The van der Waals surface area contributed by atoms with E-state index in [0.717, 1.165) is 19.5 Å². The third kappa shape index (κ3) is 3.01. The monoisotopic (exact) mass is 232 g/mol. The van der Waals surface area contributed by atoms with Gasteiger partial charge in [0.1, 0.15) is 0 Å². The van der Waals surface area contributed by atoms with Crippen LogP contribution in [0.3, 0.4) is 0 Å². The summed E-state index contributed by atoms with van der Waals surface area (Å²) in [5.41, 5.74) is 4.48. The Morgan fingerprint density at radius 1 is 1.35 bits per heavy atom. The number of rotatable bonds is 4. The van der Waals surface area contributed by atoms with Crippen LogP contribution in [0.4, 0.5) is 5.69 Å². The summed E-state index contributed by atoms with van der Waals surface area (Å²) in [6.07, 6.45) is 3.62. The van der Waals surface area contributed by atoms with Gasteiger partial charge in [-0.15, -0.1) is 0 Å². The molecule has 0 atom stereocenters. The van der Waals surface area contributed by atoms with Crippen molar-refractivity contribution in [1.82, 2.24) is 5.32 Å². The van der Waals surface area contributed by atoms with E-state index in [9.17, 15) is 0 Å². The molecule has 2 rings (SSSR count). The number of hydrogen-bond acceptors (Lipinski definition) is 2. The summed E-state index contributed by atoms with van der Waals surface area (Å²) in [7, 11) is 0. The standard InChI is InChI=1S/C15H24N2/c1-4-15(2,3)17-11-13-8-5-7-12-9-6-10-16-14(12)13/h5,7-8,16-17H,4,6,9-11H2,1-3H3. The maximum Gasteiger partial charge on any atom is 0.0418 e. The second kappa shape index (κ2) is 5.09. The van der Waals surface area contributed by atoms with E-state index in [1.807, 2.05) is 0 Å². The van der Waals surface area contributed by atoms with Crippen LogP contribution in [0.1, 0.15) is 44.7 Å². The Hall–Kier alpha value is -1.02. The van der Waals surface area contributed by atoms with Gasteiger partial charge in [-0.1, -0.05) is 25.1 Å². The summed E-state index contributed by atoms with van der Waals surface area (Å²) in [6.45, 7) is 8.82. The first-order valence-electron chi connectivity index (χ1n) is 6.72. The number of benzene rings is 1.